The normalized spacial score (nSPS) is 14.9. The van der Waals surface area contributed by atoms with Gasteiger partial charge < -0.3 is 10.1 Å². The predicted octanol–water partition coefficient (Wildman–Crippen LogP) is 2.50. The summed E-state index contributed by atoms with van der Waals surface area (Å²) in [5.74, 6) is -0.0636. The molecule has 0 radical (unpaired) electrons. The number of nitrogens with one attached hydrogen (secondary N) is 1. The number of methoxy groups -OCH3 is 1. The van der Waals surface area contributed by atoms with Gasteiger partial charge in [-0.2, -0.15) is 4.31 Å². The number of anilines is 1. The van der Waals surface area contributed by atoms with E-state index in [9.17, 15) is 13.2 Å². The zero-order valence-electron chi connectivity index (χ0n) is 18.1. The molecule has 1 amide bonds. The van der Waals surface area contributed by atoms with Crippen molar-refractivity contribution in [2.75, 3.05) is 25.5 Å². The van der Waals surface area contributed by atoms with Crippen LogP contribution in [0.3, 0.4) is 0 Å². The van der Waals surface area contributed by atoms with Crippen molar-refractivity contribution < 1.29 is 17.9 Å². The minimum atomic E-state index is -3.68. The Bertz CT molecular complexity index is 1230. The Labute approximate surface area is 191 Å². The average Bonchev–Trinajstić information content (AvgIpc) is 3.39. The highest BCUT2D eigenvalue weighted by Crippen LogP contribution is 2.30. The monoisotopic (exact) mass is 468 g/mol. The number of nitrogens with zero attached hydrogens (tertiary/aromatic N) is 5. The second kappa shape index (κ2) is 9.92. The van der Waals surface area contributed by atoms with Crippen LogP contribution in [0.4, 0.5) is 5.69 Å². The fraction of sp³-hybridized carbons (Fsp3) is 0.273. The molecule has 0 unspecified atom stereocenters. The number of ether oxygens (including phenoxy) is 1. The number of carbonyl (C=O) groups excluding carboxylic acids is 1. The van der Waals surface area contributed by atoms with Crippen molar-refractivity contribution in [1.82, 2.24) is 24.5 Å². The van der Waals surface area contributed by atoms with E-state index in [0.717, 1.165) is 24.9 Å². The number of sulfonamides is 1. The summed E-state index contributed by atoms with van der Waals surface area (Å²) in [6.45, 7) is 1.00. The maximum atomic E-state index is 13.1. The van der Waals surface area contributed by atoms with Crippen LogP contribution in [0.1, 0.15) is 24.8 Å². The molecule has 1 aliphatic rings. The van der Waals surface area contributed by atoms with Gasteiger partial charge in [-0.25, -0.2) is 13.1 Å². The molecule has 1 N–H and O–H groups in total. The summed E-state index contributed by atoms with van der Waals surface area (Å²) in [6.07, 6.45) is 7.12. The quantitative estimate of drug-likeness (QED) is 0.529. The van der Waals surface area contributed by atoms with Gasteiger partial charge in [-0.05, 0) is 71.3 Å². The Morgan fingerprint density at radius 1 is 1.09 bits per heavy atom. The van der Waals surface area contributed by atoms with Crippen LogP contribution in [0.25, 0.3) is 11.8 Å². The van der Waals surface area contributed by atoms with Crippen LogP contribution < -0.4 is 10.1 Å². The Balaban J connectivity index is 1.47. The molecule has 11 heteroatoms. The molecule has 0 aliphatic carbocycles. The highest BCUT2D eigenvalue weighted by molar-refractivity contribution is 7.89. The molecule has 172 valence electrons. The fourth-order valence-corrected chi connectivity index (χ4v) is 5.28. The second-order valence-corrected chi connectivity index (χ2v) is 9.41. The first-order chi connectivity index (χ1) is 16.0. The first kappa shape index (κ1) is 22.6. The van der Waals surface area contributed by atoms with Gasteiger partial charge in [-0.1, -0.05) is 12.5 Å². The van der Waals surface area contributed by atoms with E-state index in [2.05, 4.69) is 20.8 Å². The lowest BCUT2D eigenvalue weighted by Crippen LogP contribution is -2.35. The van der Waals surface area contributed by atoms with Crippen molar-refractivity contribution in [3.05, 3.63) is 60.4 Å². The van der Waals surface area contributed by atoms with Crippen molar-refractivity contribution in [3.8, 4) is 11.4 Å². The molecule has 0 bridgehead atoms. The van der Waals surface area contributed by atoms with E-state index in [4.69, 9.17) is 4.74 Å². The second-order valence-electron chi connectivity index (χ2n) is 7.50. The lowest BCUT2D eigenvalue weighted by atomic mass is 10.2. The number of rotatable bonds is 7. The largest absolute Gasteiger partial charge is 0.495 e. The molecule has 4 rings (SSSR count). The third-order valence-corrected chi connectivity index (χ3v) is 7.22. The summed E-state index contributed by atoms with van der Waals surface area (Å²) in [5, 5.41) is 13.7. The molecule has 2 heterocycles. The molecule has 1 fully saturated rings. The third-order valence-electron chi connectivity index (χ3n) is 5.30. The lowest BCUT2D eigenvalue weighted by molar-refractivity contribution is -0.111. The summed E-state index contributed by atoms with van der Waals surface area (Å²) >= 11 is 0. The molecule has 1 saturated heterocycles. The highest BCUT2D eigenvalue weighted by atomic mass is 32.2. The number of hydrogen-bond acceptors (Lipinski definition) is 7. The minimum absolute atomic E-state index is 0.104. The molecule has 3 aromatic rings. The van der Waals surface area contributed by atoms with Gasteiger partial charge in [0, 0.05) is 24.9 Å². The van der Waals surface area contributed by atoms with E-state index < -0.39 is 10.0 Å². The van der Waals surface area contributed by atoms with Gasteiger partial charge in [0.25, 0.3) is 0 Å². The summed E-state index contributed by atoms with van der Waals surface area (Å²) in [4.78, 5) is 12.5. The summed E-state index contributed by atoms with van der Waals surface area (Å²) in [7, 11) is -2.24. The molecule has 2 aromatic carbocycles. The number of tetrazole rings is 1. The molecule has 0 saturated carbocycles. The van der Waals surface area contributed by atoms with E-state index in [1.165, 1.54) is 34.6 Å². The van der Waals surface area contributed by atoms with Crippen molar-refractivity contribution in [3.63, 3.8) is 0 Å². The van der Waals surface area contributed by atoms with Gasteiger partial charge in [0.05, 0.1) is 12.8 Å². The molecule has 10 nitrogen and oxygen atoms in total. The Kier molecular flexibility index (Phi) is 6.80. The molecular weight excluding hydrogens is 444 g/mol. The Morgan fingerprint density at radius 2 is 1.85 bits per heavy atom. The topological polar surface area (TPSA) is 119 Å². The predicted molar refractivity (Wildman–Crippen MR) is 122 cm³/mol. The van der Waals surface area contributed by atoms with E-state index in [-0.39, 0.29) is 16.6 Å². The fourth-order valence-electron chi connectivity index (χ4n) is 3.58. The van der Waals surface area contributed by atoms with Crippen LogP contribution >= 0.6 is 0 Å². The maximum absolute atomic E-state index is 13.1. The number of amides is 1. The van der Waals surface area contributed by atoms with Crippen molar-refractivity contribution in [2.24, 2.45) is 0 Å². The van der Waals surface area contributed by atoms with Crippen LogP contribution in [0, 0.1) is 0 Å². The molecule has 1 aromatic heterocycles. The number of aromatic nitrogens is 4. The first-order valence-electron chi connectivity index (χ1n) is 10.5. The van der Waals surface area contributed by atoms with E-state index in [0.29, 0.717) is 24.3 Å². The van der Waals surface area contributed by atoms with Gasteiger partial charge in [-0.15, -0.1) is 5.10 Å². The third kappa shape index (κ3) is 5.26. The first-order valence-corrected chi connectivity index (χ1v) is 11.9. The zero-order valence-corrected chi connectivity index (χ0v) is 18.9. The molecule has 0 atom stereocenters. The molecule has 0 spiro atoms. The van der Waals surface area contributed by atoms with Gasteiger partial charge >= 0.3 is 0 Å². The van der Waals surface area contributed by atoms with E-state index >= 15 is 0 Å². The lowest BCUT2D eigenvalue weighted by Gasteiger charge is -2.26. The van der Waals surface area contributed by atoms with Crippen LogP contribution in [-0.4, -0.2) is 59.0 Å². The maximum Gasteiger partial charge on any atom is 0.248 e. The smallest absolute Gasteiger partial charge is 0.248 e. The molecule has 33 heavy (non-hydrogen) atoms. The van der Waals surface area contributed by atoms with Crippen LogP contribution in [0.2, 0.25) is 0 Å². The standard InChI is InChI=1S/C22H24N6O4S/c1-32-20-11-5-17(15-21(20)33(30,31)27-13-3-2-4-14-27)6-12-22(29)24-18-7-9-19(10-8-18)28-16-23-25-26-28/h5-12,15-16H,2-4,13-14H2,1H3,(H,24,29)/b12-6+. The summed E-state index contributed by atoms with van der Waals surface area (Å²) < 4.78 is 34.6. The van der Waals surface area contributed by atoms with Crippen molar-refractivity contribution >= 4 is 27.7 Å². The number of carbonyl (C=O) groups is 1. The Morgan fingerprint density at radius 3 is 2.52 bits per heavy atom. The van der Waals surface area contributed by atoms with Gasteiger partial charge in [0.15, 0.2) is 0 Å². The summed E-state index contributed by atoms with van der Waals surface area (Å²) in [5.41, 5.74) is 1.94. The van der Waals surface area contributed by atoms with Gasteiger partial charge in [0.1, 0.15) is 17.0 Å². The van der Waals surface area contributed by atoms with Crippen LogP contribution in [0.5, 0.6) is 5.75 Å². The molecule has 1 aliphatic heterocycles. The summed E-state index contributed by atoms with van der Waals surface area (Å²) in [6, 6.07) is 11.9. The number of benzene rings is 2. The van der Waals surface area contributed by atoms with Crippen LogP contribution in [0.15, 0.2) is 59.8 Å². The molecular formula is C22H24N6O4S. The van der Waals surface area contributed by atoms with Gasteiger partial charge in [0.2, 0.25) is 15.9 Å². The van der Waals surface area contributed by atoms with E-state index in [1.807, 2.05) is 0 Å². The van der Waals surface area contributed by atoms with Crippen LogP contribution in [-0.2, 0) is 14.8 Å². The minimum Gasteiger partial charge on any atom is -0.495 e. The van der Waals surface area contributed by atoms with E-state index in [1.54, 1.807) is 42.5 Å². The van der Waals surface area contributed by atoms with Crippen molar-refractivity contribution in [1.29, 1.82) is 0 Å². The SMILES string of the molecule is COc1ccc(/C=C/C(=O)Nc2ccc(-n3cnnn3)cc2)cc1S(=O)(=O)N1CCCCC1. The zero-order chi connectivity index (χ0) is 23.3. The Hall–Kier alpha value is -3.57. The highest BCUT2D eigenvalue weighted by Gasteiger charge is 2.29. The number of hydrogen-bond donors (Lipinski definition) is 1. The van der Waals surface area contributed by atoms with Crippen molar-refractivity contribution in [2.45, 2.75) is 24.2 Å². The number of piperidine rings is 1. The van der Waals surface area contributed by atoms with Gasteiger partial charge in [-0.3, -0.25) is 4.79 Å². The average molecular weight is 469 g/mol.